The van der Waals surface area contributed by atoms with E-state index in [-0.39, 0.29) is 5.91 Å². The van der Waals surface area contributed by atoms with Gasteiger partial charge in [0.05, 0.1) is 24.9 Å². The summed E-state index contributed by atoms with van der Waals surface area (Å²) < 4.78 is 11.3. The van der Waals surface area contributed by atoms with E-state index in [9.17, 15) is 4.79 Å². The van der Waals surface area contributed by atoms with Gasteiger partial charge in [-0.25, -0.2) is 5.43 Å². The maximum Gasteiger partial charge on any atom is 0.240 e. The molecule has 26 heavy (non-hydrogen) atoms. The van der Waals surface area contributed by atoms with Crippen molar-refractivity contribution in [2.24, 2.45) is 5.10 Å². The van der Waals surface area contributed by atoms with E-state index >= 15 is 0 Å². The second-order valence-electron chi connectivity index (χ2n) is 5.44. The Hall–Kier alpha value is -1.99. The highest BCUT2D eigenvalue weighted by Crippen LogP contribution is 2.35. The number of carbonyl (C=O) groups excluding carboxylic acids is 1. The summed E-state index contributed by atoms with van der Waals surface area (Å²) in [7, 11) is 3.14. The molecule has 0 aliphatic rings. The van der Waals surface area contributed by atoms with Gasteiger partial charge in [-0.05, 0) is 52.7 Å². The zero-order chi connectivity index (χ0) is 18.9. The SMILES string of the molecule is COc1cc(/C=N\NC(=O)CCSc2ccc(C)cc2)cc(Br)c1OC. The van der Waals surface area contributed by atoms with E-state index in [0.717, 1.165) is 14.9 Å². The average molecular weight is 437 g/mol. The Morgan fingerprint density at radius 1 is 1.23 bits per heavy atom. The number of carbonyl (C=O) groups is 1. The van der Waals surface area contributed by atoms with E-state index in [0.29, 0.717) is 23.7 Å². The topological polar surface area (TPSA) is 59.9 Å². The molecule has 2 aromatic rings. The molecule has 1 amide bonds. The summed E-state index contributed by atoms with van der Waals surface area (Å²) in [5.41, 5.74) is 4.55. The molecule has 2 rings (SSSR count). The lowest BCUT2D eigenvalue weighted by Crippen LogP contribution is -2.17. The first-order valence-corrected chi connectivity index (χ1v) is 9.74. The van der Waals surface area contributed by atoms with Gasteiger partial charge in [0.1, 0.15) is 0 Å². The number of hydrogen-bond acceptors (Lipinski definition) is 5. The highest BCUT2D eigenvalue weighted by Gasteiger charge is 2.09. The van der Waals surface area contributed by atoms with Gasteiger partial charge in [0.25, 0.3) is 0 Å². The number of hydrogen-bond donors (Lipinski definition) is 1. The van der Waals surface area contributed by atoms with Crippen LogP contribution in [0, 0.1) is 6.92 Å². The van der Waals surface area contributed by atoms with Crippen LogP contribution in [0.4, 0.5) is 0 Å². The largest absolute Gasteiger partial charge is 0.493 e. The number of nitrogens with zero attached hydrogens (tertiary/aromatic N) is 1. The average Bonchev–Trinajstić information content (AvgIpc) is 2.63. The van der Waals surface area contributed by atoms with Gasteiger partial charge in [-0.15, -0.1) is 11.8 Å². The number of hydrazone groups is 1. The van der Waals surface area contributed by atoms with Crippen LogP contribution in [0.15, 0.2) is 50.9 Å². The van der Waals surface area contributed by atoms with Crippen LogP contribution in [0.1, 0.15) is 17.5 Å². The minimum Gasteiger partial charge on any atom is -0.493 e. The Labute approximate surface area is 166 Å². The van der Waals surface area contributed by atoms with Crippen LogP contribution in [0.5, 0.6) is 11.5 Å². The van der Waals surface area contributed by atoms with Crippen molar-refractivity contribution in [3.8, 4) is 11.5 Å². The van der Waals surface area contributed by atoms with Crippen molar-refractivity contribution >= 4 is 39.8 Å². The Morgan fingerprint density at radius 3 is 2.62 bits per heavy atom. The standard InChI is InChI=1S/C19H21BrN2O3S/c1-13-4-6-15(7-5-13)26-9-8-18(23)22-21-12-14-10-16(20)19(25-3)17(11-14)24-2/h4-7,10-12H,8-9H2,1-3H3,(H,22,23)/b21-12-. The van der Waals surface area contributed by atoms with E-state index in [1.165, 1.54) is 5.56 Å². The molecule has 1 N–H and O–H groups in total. The molecule has 2 aromatic carbocycles. The first-order chi connectivity index (χ1) is 12.5. The molecule has 0 aromatic heterocycles. The number of methoxy groups -OCH3 is 2. The van der Waals surface area contributed by atoms with Gasteiger partial charge in [0.2, 0.25) is 5.91 Å². The van der Waals surface area contributed by atoms with Crippen LogP contribution in [0.25, 0.3) is 0 Å². The Bertz CT molecular complexity index is 779. The summed E-state index contributed by atoms with van der Waals surface area (Å²) in [6.45, 7) is 2.05. The lowest BCUT2D eigenvalue weighted by molar-refractivity contribution is -0.120. The molecule has 0 saturated carbocycles. The summed E-state index contributed by atoms with van der Waals surface area (Å²) in [6.07, 6.45) is 1.96. The number of rotatable bonds is 8. The van der Waals surface area contributed by atoms with Crippen LogP contribution in [-0.4, -0.2) is 32.1 Å². The third kappa shape index (κ3) is 6.07. The van der Waals surface area contributed by atoms with E-state index in [1.807, 2.05) is 6.07 Å². The summed E-state index contributed by atoms with van der Waals surface area (Å²) in [6, 6.07) is 11.9. The monoisotopic (exact) mass is 436 g/mol. The van der Waals surface area contributed by atoms with Gasteiger partial charge < -0.3 is 9.47 Å². The van der Waals surface area contributed by atoms with Crippen molar-refractivity contribution in [3.05, 3.63) is 52.0 Å². The Balaban J connectivity index is 1.83. The van der Waals surface area contributed by atoms with Crippen molar-refractivity contribution in [1.29, 1.82) is 0 Å². The second kappa shape index (κ2) is 10.2. The molecule has 0 aliphatic carbocycles. The fraction of sp³-hybridized carbons (Fsp3) is 0.263. The molecule has 0 atom stereocenters. The van der Waals surface area contributed by atoms with Crippen LogP contribution < -0.4 is 14.9 Å². The van der Waals surface area contributed by atoms with E-state index in [4.69, 9.17) is 9.47 Å². The number of thioether (sulfide) groups is 1. The summed E-state index contributed by atoms with van der Waals surface area (Å²) in [5.74, 6) is 1.78. The fourth-order valence-electron chi connectivity index (χ4n) is 2.14. The molecule has 7 heteroatoms. The third-order valence-electron chi connectivity index (χ3n) is 3.48. The smallest absolute Gasteiger partial charge is 0.240 e. The molecule has 0 aliphatic heterocycles. The molecule has 0 unspecified atom stereocenters. The maximum atomic E-state index is 11.9. The molecule has 0 radical (unpaired) electrons. The predicted molar refractivity (Wildman–Crippen MR) is 110 cm³/mol. The van der Waals surface area contributed by atoms with Gasteiger partial charge in [0, 0.05) is 17.1 Å². The molecule has 0 spiro atoms. The normalized spacial score (nSPS) is 10.8. The van der Waals surface area contributed by atoms with Gasteiger partial charge in [-0.3, -0.25) is 4.79 Å². The summed E-state index contributed by atoms with van der Waals surface area (Å²) in [4.78, 5) is 13.0. The molecule has 0 bridgehead atoms. The van der Waals surface area contributed by atoms with Crippen molar-refractivity contribution in [3.63, 3.8) is 0 Å². The number of benzene rings is 2. The van der Waals surface area contributed by atoms with Crippen LogP contribution in [0.3, 0.4) is 0 Å². The molecule has 138 valence electrons. The minimum atomic E-state index is -0.125. The van der Waals surface area contributed by atoms with Gasteiger partial charge in [-0.2, -0.15) is 5.10 Å². The van der Waals surface area contributed by atoms with Crippen LogP contribution in [-0.2, 0) is 4.79 Å². The van der Waals surface area contributed by atoms with E-state index < -0.39 is 0 Å². The molecular formula is C19H21BrN2O3S. The lowest BCUT2D eigenvalue weighted by atomic mass is 10.2. The maximum absolute atomic E-state index is 11.9. The van der Waals surface area contributed by atoms with Gasteiger partial charge >= 0.3 is 0 Å². The summed E-state index contributed by atoms with van der Waals surface area (Å²) >= 11 is 5.07. The van der Waals surface area contributed by atoms with Gasteiger partial charge in [0.15, 0.2) is 11.5 Å². The van der Waals surface area contributed by atoms with E-state index in [2.05, 4.69) is 57.6 Å². The summed E-state index contributed by atoms with van der Waals surface area (Å²) in [5, 5.41) is 4.00. The molecule has 0 fully saturated rings. The Kier molecular flexibility index (Phi) is 8.00. The van der Waals surface area contributed by atoms with Crippen molar-refractivity contribution in [2.45, 2.75) is 18.2 Å². The zero-order valence-electron chi connectivity index (χ0n) is 14.9. The van der Waals surface area contributed by atoms with Crippen molar-refractivity contribution in [2.75, 3.05) is 20.0 Å². The molecular weight excluding hydrogens is 416 g/mol. The highest BCUT2D eigenvalue weighted by atomic mass is 79.9. The fourth-order valence-corrected chi connectivity index (χ4v) is 3.62. The minimum absolute atomic E-state index is 0.125. The first-order valence-electron chi connectivity index (χ1n) is 7.96. The van der Waals surface area contributed by atoms with Crippen molar-refractivity contribution in [1.82, 2.24) is 5.43 Å². The quantitative estimate of drug-likeness (QED) is 0.378. The second-order valence-corrected chi connectivity index (χ2v) is 7.47. The van der Waals surface area contributed by atoms with Gasteiger partial charge in [-0.1, -0.05) is 17.7 Å². The van der Waals surface area contributed by atoms with Crippen molar-refractivity contribution < 1.29 is 14.3 Å². The van der Waals surface area contributed by atoms with E-state index in [1.54, 1.807) is 38.3 Å². The molecule has 5 nitrogen and oxygen atoms in total. The number of nitrogens with one attached hydrogen (secondary N) is 1. The number of amides is 1. The van der Waals surface area contributed by atoms with Crippen LogP contribution in [0.2, 0.25) is 0 Å². The predicted octanol–water partition coefficient (Wildman–Crippen LogP) is 4.41. The Morgan fingerprint density at radius 2 is 1.96 bits per heavy atom. The zero-order valence-corrected chi connectivity index (χ0v) is 17.3. The molecule has 0 saturated heterocycles. The number of aryl methyl sites for hydroxylation is 1. The van der Waals surface area contributed by atoms with Crippen LogP contribution >= 0.6 is 27.7 Å². The highest BCUT2D eigenvalue weighted by molar-refractivity contribution is 9.10. The third-order valence-corrected chi connectivity index (χ3v) is 5.08. The lowest BCUT2D eigenvalue weighted by Gasteiger charge is -2.10. The number of halogens is 1. The number of ether oxygens (including phenoxy) is 2. The molecule has 0 heterocycles. The first kappa shape index (κ1) is 20.3.